The minimum Gasteiger partial charge on any atom is -0.494 e. The molecule has 1 aliphatic rings. The average Bonchev–Trinajstić information content (AvgIpc) is 2.95. The minimum absolute atomic E-state index is 0.206. The lowest BCUT2D eigenvalue weighted by molar-refractivity contribution is 0.140. The van der Waals surface area contributed by atoms with Crippen LogP contribution < -0.4 is 4.74 Å². The zero-order chi connectivity index (χ0) is 18.4. The largest absolute Gasteiger partial charge is 0.494 e. The standard InChI is InChI=1S/C21H29N3O2/c1-16(2)6-9-26-20-5-3-4-17(10-20)13-24-14-18(21(25)15-24)11-19-12-22-7-8-23-19/h3-5,7-8,10,12,16,18,21,25H,6,9,11,13-15H2,1-2H3/t18-,21-/m1/s1. The topological polar surface area (TPSA) is 58.5 Å². The van der Waals surface area contributed by atoms with Gasteiger partial charge in [-0.3, -0.25) is 14.9 Å². The van der Waals surface area contributed by atoms with Gasteiger partial charge >= 0.3 is 0 Å². The van der Waals surface area contributed by atoms with Crippen LogP contribution in [0.15, 0.2) is 42.9 Å². The molecule has 2 aromatic rings. The Bertz CT molecular complexity index is 678. The fourth-order valence-corrected chi connectivity index (χ4v) is 3.38. The number of rotatable bonds is 8. The molecule has 0 bridgehead atoms. The molecule has 3 rings (SSSR count). The van der Waals surface area contributed by atoms with Gasteiger partial charge in [-0.15, -0.1) is 0 Å². The molecule has 1 aromatic carbocycles. The fourth-order valence-electron chi connectivity index (χ4n) is 3.38. The SMILES string of the molecule is CC(C)CCOc1cccc(CN2C[C@@H](Cc3cnccn3)[C@H](O)C2)c1. The van der Waals surface area contributed by atoms with Gasteiger partial charge in [0.05, 0.1) is 18.4 Å². The van der Waals surface area contributed by atoms with Crippen LogP contribution in [0, 0.1) is 11.8 Å². The van der Waals surface area contributed by atoms with E-state index in [1.807, 2.05) is 12.1 Å². The molecule has 1 N–H and O–H groups in total. The summed E-state index contributed by atoms with van der Waals surface area (Å²) in [4.78, 5) is 10.7. The zero-order valence-corrected chi connectivity index (χ0v) is 15.7. The summed E-state index contributed by atoms with van der Waals surface area (Å²) >= 11 is 0. The predicted molar refractivity (Wildman–Crippen MR) is 102 cm³/mol. The highest BCUT2D eigenvalue weighted by Crippen LogP contribution is 2.23. The third-order valence-electron chi connectivity index (χ3n) is 4.84. The molecule has 0 amide bonds. The van der Waals surface area contributed by atoms with Gasteiger partial charge in [0.1, 0.15) is 5.75 Å². The average molecular weight is 355 g/mol. The Balaban J connectivity index is 1.53. The maximum atomic E-state index is 10.4. The van der Waals surface area contributed by atoms with E-state index in [4.69, 9.17) is 4.74 Å². The Hall–Kier alpha value is -1.98. The number of hydrogen-bond acceptors (Lipinski definition) is 5. The van der Waals surface area contributed by atoms with Crippen molar-refractivity contribution in [2.45, 2.75) is 39.3 Å². The summed E-state index contributed by atoms with van der Waals surface area (Å²) in [5.41, 5.74) is 2.17. The molecule has 1 aromatic heterocycles. The number of hydrogen-bond donors (Lipinski definition) is 1. The maximum Gasteiger partial charge on any atom is 0.119 e. The third kappa shape index (κ3) is 5.51. The summed E-state index contributed by atoms with van der Waals surface area (Å²) in [6.45, 7) is 7.56. The first-order chi connectivity index (χ1) is 12.6. The van der Waals surface area contributed by atoms with E-state index < -0.39 is 0 Å². The lowest BCUT2D eigenvalue weighted by atomic mass is 10.0. The van der Waals surface area contributed by atoms with Gasteiger partial charge in [0.2, 0.25) is 0 Å². The molecule has 0 spiro atoms. The van der Waals surface area contributed by atoms with Crippen LogP contribution in [0.3, 0.4) is 0 Å². The van der Waals surface area contributed by atoms with Gasteiger partial charge in [0.25, 0.3) is 0 Å². The molecule has 2 atom stereocenters. The Morgan fingerprint density at radius 2 is 2.15 bits per heavy atom. The van der Waals surface area contributed by atoms with Crippen LogP contribution in [0.5, 0.6) is 5.75 Å². The van der Waals surface area contributed by atoms with E-state index in [1.165, 1.54) is 5.56 Å². The molecule has 1 aliphatic heterocycles. The lowest BCUT2D eigenvalue weighted by Crippen LogP contribution is -2.21. The highest BCUT2D eigenvalue weighted by Gasteiger charge is 2.31. The molecule has 0 saturated carbocycles. The van der Waals surface area contributed by atoms with Crippen LogP contribution in [0.1, 0.15) is 31.5 Å². The molecule has 26 heavy (non-hydrogen) atoms. The van der Waals surface area contributed by atoms with Gasteiger partial charge in [-0.2, -0.15) is 0 Å². The number of β-amino-alcohol motifs (C(OH)–C–C–N with tert-alkyl or cyclic N) is 1. The summed E-state index contributed by atoms with van der Waals surface area (Å²) in [5.74, 6) is 1.78. The molecule has 140 valence electrons. The van der Waals surface area contributed by atoms with E-state index in [9.17, 15) is 5.11 Å². The zero-order valence-electron chi connectivity index (χ0n) is 15.7. The second-order valence-electron chi connectivity index (χ2n) is 7.60. The molecular formula is C21H29N3O2. The van der Waals surface area contributed by atoms with Gasteiger partial charge in [0.15, 0.2) is 0 Å². The summed E-state index contributed by atoms with van der Waals surface area (Å²) < 4.78 is 5.86. The van der Waals surface area contributed by atoms with E-state index in [0.29, 0.717) is 12.5 Å². The lowest BCUT2D eigenvalue weighted by Gasteiger charge is -2.16. The summed E-state index contributed by atoms with van der Waals surface area (Å²) in [7, 11) is 0. The van der Waals surface area contributed by atoms with Crippen molar-refractivity contribution in [3.8, 4) is 5.75 Å². The van der Waals surface area contributed by atoms with Crippen molar-refractivity contribution >= 4 is 0 Å². The van der Waals surface area contributed by atoms with E-state index in [1.54, 1.807) is 18.6 Å². The summed E-state index contributed by atoms with van der Waals surface area (Å²) in [5, 5.41) is 10.4. The van der Waals surface area contributed by atoms with Crippen molar-refractivity contribution in [3.05, 3.63) is 54.1 Å². The predicted octanol–water partition coefficient (Wildman–Crippen LogP) is 2.94. The quantitative estimate of drug-likeness (QED) is 0.789. The first-order valence-corrected chi connectivity index (χ1v) is 9.47. The normalized spacial score (nSPS) is 20.6. The van der Waals surface area contributed by atoms with Crippen molar-refractivity contribution in [2.75, 3.05) is 19.7 Å². The monoisotopic (exact) mass is 355 g/mol. The van der Waals surface area contributed by atoms with Gasteiger partial charge < -0.3 is 9.84 Å². The second-order valence-corrected chi connectivity index (χ2v) is 7.60. The molecule has 1 saturated heterocycles. The minimum atomic E-state index is -0.317. The van der Waals surface area contributed by atoms with Crippen LogP contribution >= 0.6 is 0 Å². The van der Waals surface area contributed by atoms with Crippen LogP contribution in [0.4, 0.5) is 0 Å². The third-order valence-corrected chi connectivity index (χ3v) is 4.84. The Kier molecular flexibility index (Phi) is 6.58. The number of aliphatic hydroxyl groups excluding tert-OH is 1. The van der Waals surface area contributed by atoms with Gasteiger partial charge in [-0.25, -0.2) is 0 Å². The maximum absolute atomic E-state index is 10.4. The van der Waals surface area contributed by atoms with E-state index in [-0.39, 0.29) is 12.0 Å². The molecule has 1 fully saturated rings. The summed E-state index contributed by atoms with van der Waals surface area (Å²) in [6.07, 6.45) is 6.68. The number of likely N-dealkylation sites (tertiary alicyclic amines) is 1. The van der Waals surface area contributed by atoms with Crippen LogP contribution in [-0.4, -0.2) is 45.8 Å². The van der Waals surface area contributed by atoms with Crippen molar-refractivity contribution < 1.29 is 9.84 Å². The van der Waals surface area contributed by atoms with E-state index in [0.717, 1.165) is 44.0 Å². The second kappa shape index (κ2) is 9.10. The number of ether oxygens (including phenoxy) is 1. The van der Waals surface area contributed by atoms with Crippen molar-refractivity contribution in [2.24, 2.45) is 11.8 Å². The van der Waals surface area contributed by atoms with Crippen LogP contribution in [0.25, 0.3) is 0 Å². The van der Waals surface area contributed by atoms with Gasteiger partial charge in [-0.05, 0) is 36.5 Å². The molecule has 0 unspecified atom stereocenters. The molecular weight excluding hydrogens is 326 g/mol. The first-order valence-electron chi connectivity index (χ1n) is 9.47. The Labute approximate surface area is 156 Å². The van der Waals surface area contributed by atoms with E-state index >= 15 is 0 Å². The molecule has 2 heterocycles. The number of aromatic nitrogens is 2. The Morgan fingerprint density at radius 1 is 1.27 bits per heavy atom. The smallest absolute Gasteiger partial charge is 0.119 e. The number of nitrogens with zero attached hydrogens (tertiary/aromatic N) is 3. The van der Waals surface area contributed by atoms with Crippen molar-refractivity contribution in [1.29, 1.82) is 0 Å². The van der Waals surface area contributed by atoms with Crippen molar-refractivity contribution in [3.63, 3.8) is 0 Å². The Morgan fingerprint density at radius 3 is 2.92 bits per heavy atom. The number of benzene rings is 1. The van der Waals surface area contributed by atoms with Gasteiger partial charge in [0, 0.05) is 44.1 Å². The summed E-state index contributed by atoms with van der Waals surface area (Å²) in [6, 6.07) is 8.30. The van der Waals surface area contributed by atoms with E-state index in [2.05, 4.69) is 40.8 Å². The molecule has 0 radical (unpaired) electrons. The number of aliphatic hydroxyl groups is 1. The molecule has 5 nitrogen and oxygen atoms in total. The molecule has 0 aliphatic carbocycles. The van der Waals surface area contributed by atoms with Crippen molar-refractivity contribution in [1.82, 2.24) is 14.9 Å². The highest BCUT2D eigenvalue weighted by molar-refractivity contribution is 5.28. The highest BCUT2D eigenvalue weighted by atomic mass is 16.5. The van der Waals surface area contributed by atoms with Gasteiger partial charge in [-0.1, -0.05) is 26.0 Å². The van der Waals surface area contributed by atoms with Crippen LogP contribution in [0.2, 0.25) is 0 Å². The first kappa shape index (κ1) is 18.8. The fraction of sp³-hybridized carbons (Fsp3) is 0.524. The molecule has 5 heteroatoms. The van der Waals surface area contributed by atoms with Crippen LogP contribution in [-0.2, 0) is 13.0 Å².